The van der Waals surface area contributed by atoms with Crippen molar-refractivity contribution in [2.24, 2.45) is 0 Å². The first-order valence-electron chi connectivity index (χ1n) is 8.42. The average molecular weight is 376 g/mol. The minimum atomic E-state index is -0.273. The summed E-state index contributed by atoms with van der Waals surface area (Å²) in [5, 5.41) is 6.61. The summed E-state index contributed by atoms with van der Waals surface area (Å²) in [6, 6.07) is 8.66. The third kappa shape index (κ3) is 3.58. The maximum Gasteiger partial charge on any atom is 0.261 e. The van der Waals surface area contributed by atoms with Gasteiger partial charge in [0, 0.05) is 24.1 Å². The zero-order valence-electron chi connectivity index (χ0n) is 15.2. The predicted octanol–water partition coefficient (Wildman–Crippen LogP) is 3.31. The van der Waals surface area contributed by atoms with E-state index in [1.807, 2.05) is 0 Å². The van der Waals surface area contributed by atoms with E-state index in [0.717, 1.165) is 0 Å². The molecule has 1 N–H and O–H groups in total. The van der Waals surface area contributed by atoms with Crippen LogP contribution in [-0.2, 0) is 0 Å². The number of nitrogens with zero attached hydrogens (tertiary/aromatic N) is 5. The van der Waals surface area contributed by atoms with E-state index in [9.17, 15) is 4.79 Å². The van der Waals surface area contributed by atoms with Crippen molar-refractivity contribution in [3.05, 3.63) is 72.4 Å². The molecular weight excluding hydrogens is 360 g/mol. The Morgan fingerprint density at radius 1 is 1.18 bits per heavy atom. The van der Waals surface area contributed by atoms with Gasteiger partial charge < -0.3 is 14.6 Å². The lowest BCUT2D eigenvalue weighted by atomic mass is 10.2. The van der Waals surface area contributed by atoms with Gasteiger partial charge in [0.2, 0.25) is 5.88 Å². The molecule has 1 amide bonds. The highest BCUT2D eigenvalue weighted by molar-refractivity contribution is 6.05. The molecule has 0 unspecified atom stereocenters. The van der Waals surface area contributed by atoms with Gasteiger partial charge in [0.05, 0.1) is 5.69 Å². The van der Waals surface area contributed by atoms with Crippen LogP contribution in [0, 0.1) is 13.8 Å². The molecule has 0 aliphatic carbocycles. The highest BCUT2D eigenvalue weighted by Crippen LogP contribution is 2.23. The Labute approximate surface area is 160 Å². The van der Waals surface area contributed by atoms with Crippen molar-refractivity contribution in [3.8, 4) is 17.4 Å². The van der Waals surface area contributed by atoms with Crippen LogP contribution in [0.3, 0.4) is 0 Å². The molecule has 3 heterocycles. The predicted molar refractivity (Wildman–Crippen MR) is 99.6 cm³/mol. The molecule has 4 aromatic rings. The van der Waals surface area contributed by atoms with Crippen LogP contribution in [-0.4, -0.2) is 30.6 Å². The Morgan fingerprint density at radius 2 is 2.00 bits per heavy atom. The fraction of sp³-hybridized carbons (Fsp3) is 0.105. The van der Waals surface area contributed by atoms with E-state index in [-0.39, 0.29) is 5.91 Å². The summed E-state index contributed by atoms with van der Waals surface area (Å²) in [5.74, 6) is 1.82. The van der Waals surface area contributed by atoms with Crippen molar-refractivity contribution in [2.45, 2.75) is 13.8 Å². The van der Waals surface area contributed by atoms with Gasteiger partial charge in [-0.15, -0.1) is 0 Å². The molecule has 9 nitrogen and oxygen atoms in total. The molecular formula is C19H16N6O3. The van der Waals surface area contributed by atoms with E-state index < -0.39 is 0 Å². The van der Waals surface area contributed by atoms with E-state index in [1.54, 1.807) is 67.5 Å². The third-order valence-corrected chi connectivity index (χ3v) is 3.99. The van der Waals surface area contributed by atoms with Gasteiger partial charge in [0.15, 0.2) is 0 Å². The van der Waals surface area contributed by atoms with Crippen LogP contribution in [0.1, 0.15) is 21.8 Å². The number of aryl methyl sites for hydroxylation is 2. The van der Waals surface area contributed by atoms with Crippen LogP contribution in [0.25, 0.3) is 5.82 Å². The molecule has 9 heteroatoms. The smallest absolute Gasteiger partial charge is 0.261 e. The Bertz CT molecular complexity index is 1080. The quantitative estimate of drug-likeness (QED) is 0.569. The van der Waals surface area contributed by atoms with Crippen LogP contribution in [0.5, 0.6) is 11.6 Å². The number of amides is 1. The average Bonchev–Trinajstić information content (AvgIpc) is 3.34. The van der Waals surface area contributed by atoms with Gasteiger partial charge in [-0.3, -0.25) is 9.36 Å². The number of hydrogen-bond donors (Lipinski definition) is 1. The number of benzene rings is 1. The highest BCUT2D eigenvalue weighted by Gasteiger charge is 2.17. The fourth-order valence-corrected chi connectivity index (χ4v) is 2.65. The first-order chi connectivity index (χ1) is 13.6. The SMILES string of the molecule is Cc1noc(C)c1C(=O)Nc1ccc(Oc2cc(-n3ccnc3)ncn2)cc1. The van der Waals surface area contributed by atoms with Gasteiger partial charge in [-0.2, -0.15) is 0 Å². The van der Waals surface area contributed by atoms with Crippen molar-refractivity contribution in [2.75, 3.05) is 5.32 Å². The molecule has 0 saturated heterocycles. The molecule has 0 bridgehead atoms. The minimum absolute atomic E-state index is 0.273. The lowest BCUT2D eigenvalue weighted by Crippen LogP contribution is -2.13. The number of rotatable bonds is 5. The van der Waals surface area contributed by atoms with E-state index in [0.29, 0.717) is 40.2 Å². The van der Waals surface area contributed by atoms with Gasteiger partial charge in [0.1, 0.15) is 35.5 Å². The third-order valence-electron chi connectivity index (χ3n) is 3.99. The first kappa shape index (κ1) is 17.4. The van der Waals surface area contributed by atoms with Crippen LogP contribution < -0.4 is 10.1 Å². The second kappa shape index (κ2) is 7.31. The Hall–Kier alpha value is -4.01. The van der Waals surface area contributed by atoms with Crippen molar-refractivity contribution < 1.29 is 14.1 Å². The highest BCUT2D eigenvalue weighted by atomic mass is 16.5. The van der Waals surface area contributed by atoms with Crippen molar-refractivity contribution in [1.29, 1.82) is 0 Å². The van der Waals surface area contributed by atoms with Gasteiger partial charge in [-0.1, -0.05) is 5.16 Å². The number of anilines is 1. The molecule has 28 heavy (non-hydrogen) atoms. The Balaban J connectivity index is 1.45. The molecule has 0 aliphatic heterocycles. The zero-order chi connectivity index (χ0) is 19.5. The lowest BCUT2D eigenvalue weighted by molar-refractivity contribution is 0.102. The zero-order valence-corrected chi connectivity index (χ0v) is 15.2. The monoisotopic (exact) mass is 376 g/mol. The molecule has 0 saturated carbocycles. The molecule has 0 atom stereocenters. The van der Waals surface area contributed by atoms with Gasteiger partial charge >= 0.3 is 0 Å². The number of aromatic nitrogens is 5. The van der Waals surface area contributed by atoms with Crippen LogP contribution in [0.15, 0.2) is 59.9 Å². The summed E-state index contributed by atoms with van der Waals surface area (Å²) in [7, 11) is 0. The fourth-order valence-electron chi connectivity index (χ4n) is 2.65. The summed E-state index contributed by atoms with van der Waals surface area (Å²) in [6.45, 7) is 3.42. The van der Waals surface area contributed by atoms with Crippen molar-refractivity contribution >= 4 is 11.6 Å². The van der Waals surface area contributed by atoms with Gasteiger partial charge in [0.25, 0.3) is 5.91 Å². The number of ether oxygens (including phenoxy) is 1. The lowest BCUT2D eigenvalue weighted by Gasteiger charge is -2.08. The first-order valence-corrected chi connectivity index (χ1v) is 8.42. The molecule has 0 fully saturated rings. The number of carbonyl (C=O) groups excluding carboxylic acids is 1. The van der Waals surface area contributed by atoms with E-state index in [4.69, 9.17) is 9.26 Å². The summed E-state index contributed by atoms with van der Waals surface area (Å²) < 4.78 is 12.5. The minimum Gasteiger partial charge on any atom is -0.439 e. The largest absolute Gasteiger partial charge is 0.439 e. The van der Waals surface area contributed by atoms with Crippen LogP contribution >= 0.6 is 0 Å². The molecule has 140 valence electrons. The summed E-state index contributed by atoms with van der Waals surface area (Å²) in [4.78, 5) is 24.7. The molecule has 1 aromatic carbocycles. The molecule has 3 aromatic heterocycles. The van der Waals surface area contributed by atoms with E-state index in [2.05, 4.69) is 25.4 Å². The number of carbonyl (C=O) groups is 1. The van der Waals surface area contributed by atoms with Gasteiger partial charge in [-0.05, 0) is 38.1 Å². The summed E-state index contributed by atoms with van der Waals surface area (Å²) >= 11 is 0. The number of nitrogens with one attached hydrogen (secondary N) is 1. The Morgan fingerprint density at radius 3 is 2.68 bits per heavy atom. The molecule has 4 rings (SSSR count). The van der Waals surface area contributed by atoms with Gasteiger partial charge in [-0.25, -0.2) is 15.0 Å². The van der Waals surface area contributed by atoms with Crippen LogP contribution in [0.2, 0.25) is 0 Å². The van der Waals surface area contributed by atoms with Crippen molar-refractivity contribution in [3.63, 3.8) is 0 Å². The maximum absolute atomic E-state index is 12.4. The normalized spacial score (nSPS) is 10.6. The summed E-state index contributed by atoms with van der Waals surface area (Å²) in [6.07, 6.45) is 6.51. The summed E-state index contributed by atoms with van der Waals surface area (Å²) in [5.41, 5.74) is 1.61. The maximum atomic E-state index is 12.4. The molecule has 0 radical (unpaired) electrons. The topological polar surface area (TPSA) is 108 Å². The van der Waals surface area contributed by atoms with E-state index in [1.165, 1.54) is 6.33 Å². The van der Waals surface area contributed by atoms with Crippen LogP contribution in [0.4, 0.5) is 5.69 Å². The van der Waals surface area contributed by atoms with E-state index >= 15 is 0 Å². The second-order valence-electron chi connectivity index (χ2n) is 5.96. The van der Waals surface area contributed by atoms with Crippen molar-refractivity contribution in [1.82, 2.24) is 24.7 Å². The second-order valence-corrected chi connectivity index (χ2v) is 5.96. The molecule has 0 spiro atoms. The standard InChI is InChI=1S/C19H16N6O3/c1-12-18(13(2)28-24-12)19(26)23-14-3-5-15(6-4-14)27-17-9-16(21-10-22-17)25-8-7-20-11-25/h3-11H,1-2H3,(H,23,26). The molecule has 0 aliphatic rings. The Kier molecular flexibility index (Phi) is 4.55. The number of hydrogen-bond acceptors (Lipinski definition) is 7. The number of imidazole rings is 1.